The first-order valence-electron chi connectivity index (χ1n) is 8.63. The van der Waals surface area contributed by atoms with Gasteiger partial charge in [-0.3, -0.25) is 15.0 Å². The van der Waals surface area contributed by atoms with Crippen molar-refractivity contribution in [3.63, 3.8) is 0 Å². The van der Waals surface area contributed by atoms with E-state index in [1.54, 1.807) is 36.5 Å². The van der Waals surface area contributed by atoms with Crippen molar-refractivity contribution in [1.82, 2.24) is 24.5 Å². The number of pyridine rings is 1. The summed E-state index contributed by atoms with van der Waals surface area (Å²) in [7, 11) is 0. The molecular formula is C18H14N6O4. The molecule has 0 spiro atoms. The summed E-state index contributed by atoms with van der Waals surface area (Å²) in [4.78, 5) is 25.3. The van der Waals surface area contributed by atoms with Gasteiger partial charge in [0.05, 0.1) is 19.4 Å². The Bertz CT molecular complexity index is 1280. The summed E-state index contributed by atoms with van der Waals surface area (Å²) in [6.45, 7) is 1.08. The van der Waals surface area contributed by atoms with Gasteiger partial charge >= 0.3 is 0 Å². The van der Waals surface area contributed by atoms with Crippen molar-refractivity contribution in [2.24, 2.45) is 0 Å². The highest BCUT2D eigenvalue weighted by Crippen LogP contribution is 2.30. The van der Waals surface area contributed by atoms with Crippen LogP contribution in [-0.4, -0.2) is 43.6 Å². The predicted molar refractivity (Wildman–Crippen MR) is 98.3 cm³/mol. The standard InChI is InChI=1S/C18H14N6O4/c25-17(11-2-3-13-14(10-11)28-9-1-8-27-13)22-23-7-5-12-16(18(23)26)21-20-15-4-6-19-24(12)15/h2-7,10H,1,8-9H2,(H,22,25). The van der Waals surface area contributed by atoms with Crippen LogP contribution >= 0.6 is 0 Å². The minimum Gasteiger partial charge on any atom is -0.490 e. The highest BCUT2D eigenvalue weighted by Gasteiger charge is 2.16. The quantitative estimate of drug-likeness (QED) is 0.553. The second-order valence-corrected chi connectivity index (χ2v) is 6.18. The molecule has 0 radical (unpaired) electrons. The highest BCUT2D eigenvalue weighted by molar-refractivity contribution is 6.00. The lowest BCUT2D eigenvalue weighted by molar-refractivity contribution is 0.101. The fraction of sp³-hybridized carbons (Fsp3) is 0.167. The minimum atomic E-state index is -0.509. The number of amides is 1. The van der Waals surface area contributed by atoms with Gasteiger partial charge in [-0.05, 0) is 24.3 Å². The molecule has 3 aromatic heterocycles. The molecule has 4 heterocycles. The molecule has 10 heteroatoms. The van der Waals surface area contributed by atoms with E-state index in [1.807, 2.05) is 0 Å². The van der Waals surface area contributed by atoms with Gasteiger partial charge in [-0.25, -0.2) is 9.19 Å². The average molecular weight is 378 g/mol. The molecule has 0 atom stereocenters. The zero-order valence-corrected chi connectivity index (χ0v) is 14.5. The molecule has 4 aromatic rings. The van der Waals surface area contributed by atoms with Gasteiger partial charge in [0.25, 0.3) is 11.5 Å². The number of benzene rings is 1. The van der Waals surface area contributed by atoms with E-state index in [2.05, 4.69) is 20.7 Å². The molecular weight excluding hydrogens is 364 g/mol. The fourth-order valence-electron chi connectivity index (χ4n) is 3.01. The number of hydrogen-bond acceptors (Lipinski definition) is 7. The number of hydrogen-bond donors (Lipinski definition) is 1. The van der Waals surface area contributed by atoms with E-state index in [0.29, 0.717) is 41.4 Å². The topological polar surface area (TPSA) is 113 Å². The Balaban J connectivity index is 1.49. The van der Waals surface area contributed by atoms with Crippen LogP contribution in [-0.2, 0) is 0 Å². The van der Waals surface area contributed by atoms with E-state index in [1.165, 1.54) is 10.7 Å². The van der Waals surface area contributed by atoms with E-state index in [9.17, 15) is 9.59 Å². The second kappa shape index (κ2) is 6.34. The van der Waals surface area contributed by atoms with Crippen molar-refractivity contribution in [2.75, 3.05) is 18.6 Å². The maximum atomic E-state index is 12.7. The molecule has 1 aliphatic rings. The van der Waals surface area contributed by atoms with Crippen molar-refractivity contribution in [1.29, 1.82) is 0 Å². The summed E-state index contributed by atoms with van der Waals surface area (Å²) in [6, 6.07) is 8.21. The molecule has 0 fully saturated rings. The number of fused-ring (bicyclic) bond motifs is 4. The maximum absolute atomic E-state index is 12.7. The van der Waals surface area contributed by atoms with Crippen LogP contribution in [0.5, 0.6) is 11.5 Å². The SMILES string of the molecule is O=C(Nn1ccc2c(nnc3ccnn32)c1=O)c1ccc2c(c1)OCCCO2. The van der Waals surface area contributed by atoms with Crippen LogP contribution in [0.15, 0.2) is 47.5 Å². The van der Waals surface area contributed by atoms with E-state index in [-0.39, 0.29) is 5.52 Å². The van der Waals surface area contributed by atoms with Crippen LogP contribution < -0.4 is 20.5 Å². The van der Waals surface area contributed by atoms with Crippen molar-refractivity contribution in [3.05, 3.63) is 58.6 Å². The van der Waals surface area contributed by atoms with Crippen LogP contribution in [0.1, 0.15) is 16.8 Å². The minimum absolute atomic E-state index is 0.0951. The lowest BCUT2D eigenvalue weighted by Gasteiger charge is -2.11. The number of carbonyl (C=O) groups is 1. The molecule has 1 aliphatic heterocycles. The van der Waals surface area contributed by atoms with Crippen molar-refractivity contribution >= 4 is 22.6 Å². The van der Waals surface area contributed by atoms with Gasteiger partial charge in [-0.15, -0.1) is 10.2 Å². The Morgan fingerprint density at radius 2 is 1.93 bits per heavy atom. The lowest BCUT2D eigenvalue weighted by Crippen LogP contribution is -2.33. The number of nitrogens with one attached hydrogen (secondary N) is 1. The van der Waals surface area contributed by atoms with E-state index in [4.69, 9.17) is 9.47 Å². The highest BCUT2D eigenvalue weighted by atomic mass is 16.5. The van der Waals surface area contributed by atoms with Crippen LogP contribution in [0.3, 0.4) is 0 Å². The molecule has 1 N–H and O–H groups in total. The Hall–Kier alpha value is -3.95. The third kappa shape index (κ3) is 2.62. The molecule has 0 saturated heterocycles. The Morgan fingerprint density at radius 1 is 1.07 bits per heavy atom. The van der Waals surface area contributed by atoms with Crippen molar-refractivity contribution in [2.45, 2.75) is 6.42 Å². The van der Waals surface area contributed by atoms with Gasteiger partial charge in [0, 0.05) is 24.2 Å². The molecule has 28 heavy (non-hydrogen) atoms. The smallest absolute Gasteiger partial charge is 0.299 e. The van der Waals surface area contributed by atoms with E-state index >= 15 is 0 Å². The van der Waals surface area contributed by atoms with Crippen molar-refractivity contribution in [3.8, 4) is 11.5 Å². The second-order valence-electron chi connectivity index (χ2n) is 6.18. The lowest BCUT2D eigenvalue weighted by atomic mass is 10.2. The monoisotopic (exact) mass is 378 g/mol. The zero-order valence-electron chi connectivity index (χ0n) is 14.5. The molecule has 10 nitrogen and oxygen atoms in total. The number of ether oxygens (including phenoxy) is 2. The van der Waals surface area contributed by atoms with Crippen LogP contribution in [0, 0.1) is 0 Å². The van der Waals surface area contributed by atoms with Gasteiger partial charge in [0.15, 0.2) is 22.7 Å². The first kappa shape index (κ1) is 16.2. The Labute approximate surface area is 157 Å². The maximum Gasteiger partial charge on any atom is 0.299 e. The first-order chi connectivity index (χ1) is 13.7. The molecule has 5 rings (SSSR count). The van der Waals surface area contributed by atoms with Crippen LogP contribution in [0.25, 0.3) is 16.7 Å². The van der Waals surface area contributed by atoms with Crippen molar-refractivity contribution < 1.29 is 14.3 Å². The number of rotatable bonds is 2. The first-order valence-corrected chi connectivity index (χ1v) is 8.63. The van der Waals surface area contributed by atoms with Gasteiger partial charge in [0.1, 0.15) is 5.52 Å². The molecule has 0 saturated carbocycles. The number of carbonyl (C=O) groups excluding carboxylic acids is 1. The third-order valence-corrected chi connectivity index (χ3v) is 4.38. The third-order valence-electron chi connectivity index (χ3n) is 4.38. The Kier molecular flexibility index (Phi) is 3.68. The predicted octanol–water partition coefficient (Wildman–Crippen LogP) is 0.984. The van der Waals surface area contributed by atoms with E-state index in [0.717, 1.165) is 11.1 Å². The van der Waals surface area contributed by atoms with Crippen LogP contribution in [0.2, 0.25) is 0 Å². The largest absolute Gasteiger partial charge is 0.490 e. The Morgan fingerprint density at radius 3 is 2.82 bits per heavy atom. The molecule has 140 valence electrons. The van der Waals surface area contributed by atoms with Gasteiger partial charge in [-0.2, -0.15) is 5.10 Å². The zero-order chi connectivity index (χ0) is 19.1. The fourth-order valence-corrected chi connectivity index (χ4v) is 3.01. The summed E-state index contributed by atoms with van der Waals surface area (Å²) >= 11 is 0. The average Bonchev–Trinajstić information content (AvgIpc) is 3.07. The number of aromatic nitrogens is 5. The normalized spacial score (nSPS) is 13.4. The number of nitrogens with zero attached hydrogens (tertiary/aromatic N) is 5. The van der Waals surface area contributed by atoms with E-state index < -0.39 is 11.5 Å². The van der Waals surface area contributed by atoms with Crippen LogP contribution in [0.4, 0.5) is 0 Å². The molecule has 0 unspecified atom stereocenters. The summed E-state index contributed by atoms with van der Waals surface area (Å²) in [6.07, 6.45) is 3.79. The molecule has 0 aliphatic carbocycles. The molecule has 1 aromatic carbocycles. The molecule has 0 bridgehead atoms. The summed E-state index contributed by atoms with van der Waals surface area (Å²) < 4.78 is 13.7. The van der Waals surface area contributed by atoms with Gasteiger partial charge < -0.3 is 9.47 Å². The van der Waals surface area contributed by atoms with Gasteiger partial charge in [-0.1, -0.05) is 0 Å². The molecule has 1 amide bonds. The van der Waals surface area contributed by atoms with Gasteiger partial charge in [0.2, 0.25) is 0 Å². The summed E-state index contributed by atoms with van der Waals surface area (Å²) in [5.41, 5.74) is 3.51. The summed E-state index contributed by atoms with van der Waals surface area (Å²) in [5, 5.41) is 12.0. The summed E-state index contributed by atoms with van der Waals surface area (Å²) in [5.74, 6) is 0.628.